The highest BCUT2D eigenvalue weighted by Gasteiger charge is 2.58. The first-order valence-corrected chi connectivity index (χ1v) is 11.0. The number of nitrogens with two attached hydrogens (primary N) is 1. The fourth-order valence-electron chi connectivity index (χ4n) is 5.86. The lowest BCUT2D eigenvalue weighted by Gasteiger charge is -2.48. The van der Waals surface area contributed by atoms with Crippen LogP contribution in [0.2, 0.25) is 0 Å². The fourth-order valence-corrected chi connectivity index (χ4v) is 6.24. The van der Waals surface area contributed by atoms with Gasteiger partial charge in [0.25, 0.3) is 0 Å². The van der Waals surface area contributed by atoms with Crippen LogP contribution in [0.1, 0.15) is 49.7 Å². The van der Waals surface area contributed by atoms with Gasteiger partial charge < -0.3 is 8.92 Å². The van der Waals surface area contributed by atoms with Crippen molar-refractivity contribution in [3.05, 3.63) is 23.3 Å². The van der Waals surface area contributed by atoms with Crippen molar-refractivity contribution in [3.8, 4) is 17.6 Å². The lowest BCUT2D eigenvalue weighted by Crippen LogP contribution is -2.42. The van der Waals surface area contributed by atoms with Crippen LogP contribution in [-0.2, 0) is 21.5 Å². The molecule has 0 aromatic heterocycles. The predicted octanol–water partition coefficient (Wildman–Crippen LogP) is 2.45. The smallest absolute Gasteiger partial charge is 0.380 e. The van der Waals surface area contributed by atoms with E-state index < -0.39 is 21.6 Å². The van der Waals surface area contributed by atoms with Crippen LogP contribution in [0.4, 0.5) is 0 Å². The molecule has 7 nitrogen and oxygen atoms in total. The Morgan fingerprint density at radius 3 is 2.68 bits per heavy atom. The Kier molecular flexibility index (Phi) is 4.43. The normalized spacial score (nSPS) is 34.0. The van der Waals surface area contributed by atoms with E-state index in [9.17, 15) is 18.5 Å². The molecule has 0 radical (unpaired) electrons. The Hall–Kier alpha value is -2.11. The zero-order valence-electron chi connectivity index (χ0n) is 16.0. The van der Waals surface area contributed by atoms with Gasteiger partial charge in [-0.05, 0) is 73.1 Å². The summed E-state index contributed by atoms with van der Waals surface area (Å²) in [5.74, 6) is 0.868. The van der Waals surface area contributed by atoms with Crippen molar-refractivity contribution >= 4 is 16.1 Å². The van der Waals surface area contributed by atoms with Gasteiger partial charge in [0, 0.05) is 5.41 Å². The number of carbonyl (C=O) groups is 1. The minimum atomic E-state index is -4.14. The molecule has 2 fully saturated rings. The predicted molar refractivity (Wildman–Crippen MR) is 101 cm³/mol. The highest BCUT2D eigenvalue weighted by molar-refractivity contribution is 7.84. The van der Waals surface area contributed by atoms with Crippen molar-refractivity contribution in [1.29, 1.82) is 5.26 Å². The first-order chi connectivity index (χ1) is 13.2. The number of hydrogen-bond acceptors (Lipinski definition) is 6. The van der Waals surface area contributed by atoms with Crippen LogP contribution in [0, 0.1) is 34.5 Å². The molecule has 4 rings (SSSR count). The number of fused-ring (bicyclic) bond motifs is 5. The molecule has 3 aliphatic rings. The van der Waals surface area contributed by atoms with Crippen LogP contribution in [0.5, 0.6) is 11.5 Å². The van der Waals surface area contributed by atoms with Crippen LogP contribution in [0.15, 0.2) is 12.1 Å². The van der Waals surface area contributed by atoms with Gasteiger partial charge >= 0.3 is 10.3 Å². The first kappa shape index (κ1) is 19.2. The lowest BCUT2D eigenvalue weighted by molar-refractivity contribution is -0.130. The van der Waals surface area contributed by atoms with Gasteiger partial charge in [-0.1, -0.05) is 6.92 Å². The number of Topliss-reactive ketones (excluding diaryl/α,β-unsaturated/α-hetero) is 1. The van der Waals surface area contributed by atoms with Crippen LogP contribution >= 0.6 is 0 Å². The second-order valence-electron chi connectivity index (χ2n) is 8.43. The molecule has 8 heteroatoms. The highest BCUT2D eigenvalue weighted by atomic mass is 32.2. The first-order valence-electron chi connectivity index (χ1n) is 9.55. The topological polar surface area (TPSA) is 119 Å². The molecule has 0 heterocycles. The van der Waals surface area contributed by atoms with E-state index in [1.807, 2.05) is 13.0 Å². The minimum Gasteiger partial charge on any atom is -0.493 e. The van der Waals surface area contributed by atoms with E-state index >= 15 is 0 Å². The zero-order valence-corrected chi connectivity index (χ0v) is 16.8. The zero-order chi connectivity index (χ0) is 20.3. The van der Waals surface area contributed by atoms with Crippen molar-refractivity contribution in [2.24, 2.45) is 28.3 Å². The number of ether oxygens (including phenoxy) is 1. The minimum absolute atomic E-state index is 0.100. The molecule has 0 aliphatic heterocycles. The monoisotopic (exact) mass is 404 g/mol. The number of carbonyl (C=O) groups excluding carboxylic acids is 1. The van der Waals surface area contributed by atoms with Gasteiger partial charge in [-0.3, -0.25) is 4.79 Å². The third-order valence-electron chi connectivity index (χ3n) is 7.13. The molecular weight excluding hydrogens is 380 g/mol. The summed E-state index contributed by atoms with van der Waals surface area (Å²) in [4.78, 5) is 12.8. The molecule has 2 saturated carbocycles. The van der Waals surface area contributed by atoms with Gasteiger partial charge in [0.1, 0.15) is 5.92 Å². The van der Waals surface area contributed by atoms with Crippen LogP contribution < -0.4 is 14.1 Å². The van der Waals surface area contributed by atoms with Crippen molar-refractivity contribution in [3.63, 3.8) is 0 Å². The molecule has 150 valence electrons. The quantitative estimate of drug-likeness (QED) is 0.826. The number of methoxy groups -OCH3 is 1. The van der Waals surface area contributed by atoms with E-state index in [2.05, 4.69) is 6.07 Å². The van der Waals surface area contributed by atoms with Gasteiger partial charge in [0.05, 0.1) is 13.2 Å². The van der Waals surface area contributed by atoms with Crippen LogP contribution in [0.25, 0.3) is 0 Å². The lowest BCUT2D eigenvalue weighted by atomic mass is 9.55. The average molecular weight is 404 g/mol. The summed E-state index contributed by atoms with van der Waals surface area (Å²) in [5, 5.41) is 14.4. The Bertz CT molecular complexity index is 983. The third kappa shape index (κ3) is 2.88. The molecule has 0 saturated heterocycles. The van der Waals surface area contributed by atoms with E-state index in [-0.39, 0.29) is 23.4 Å². The van der Waals surface area contributed by atoms with Gasteiger partial charge in [-0.15, -0.1) is 0 Å². The second-order valence-corrected chi connectivity index (χ2v) is 9.58. The third-order valence-corrected chi connectivity index (χ3v) is 7.54. The summed E-state index contributed by atoms with van der Waals surface area (Å²) >= 11 is 0. The molecule has 0 amide bonds. The number of nitriles is 1. The summed E-state index contributed by atoms with van der Waals surface area (Å²) in [6, 6.07) is 5.77. The van der Waals surface area contributed by atoms with Crippen molar-refractivity contribution in [2.45, 2.75) is 44.9 Å². The molecule has 1 aromatic carbocycles. The SMILES string of the molecule is COc1cc2c(cc1OS(N)(=O)=O)CCC1C2CC[C@]2(C)C(=O)C(C#N)CC12. The average Bonchev–Trinajstić information content (AvgIpc) is 2.90. The largest absolute Gasteiger partial charge is 0.493 e. The van der Waals surface area contributed by atoms with Crippen molar-refractivity contribution in [1.82, 2.24) is 0 Å². The molecule has 0 bridgehead atoms. The van der Waals surface area contributed by atoms with Crippen LogP contribution in [0.3, 0.4) is 0 Å². The van der Waals surface area contributed by atoms with Crippen LogP contribution in [-0.4, -0.2) is 21.3 Å². The second kappa shape index (κ2) is 6.46. The van der Waals surface area contributed by atoms with Crippen molar-refractivity contribution in [2.75, 3.05) is 7.11 Å². The van der Waals surface area contributed by atoms with E-state index in [1.54, 1.807) is 6.07 Å². The maximum atomic E-state index is 12.8. The number of hydrogen-bond donors (Lipinski definition) is 1. The van der Waals surface area contributed by atoms with Gasteiger partial charge in [-0.2, -0.15) is 18.8 Å². The molecule has 28 heavy (non-hydrogen) atoms. The Morgan fingerprint density at radius 2 is 2.04 bits per heavy atom. The number of rotatable bonds is 3. The summed E-state index contributed by atoms with van der Waals surface area (Å²) < 4.78 is 33.0. The Morgan fingerprint density at radius 1 is 1.29 bits per heavy atom. The molecule has 0 spiro atoms. The Labute approximate surface area is 165 Å². The fraction of sp³-hybridized carbons (Fsp3) is 0.600. The van der Waals surface area contributed by atoms with Gasteiger partial charge in [0.2, 0.25) is 0 Å². The summed E-state index contributed by atoms with van der Waals surface area (Å²) in [6.07, 6.45) is 3.95. The molecule has 4 unspecified atom stereocenters. The Balaban J connectivity index is 1.71. The van der Waals surface area contributed by atoms with E-state index in [0.717, 1.165) is 36.8 Å². The summed E-state index contributed by atoms with van der Waals surface area (Å²) in [5.41, 5.74) is 1.76. The summed E-state index contributed by atoms with van der Waals surface area (Å²) in [6.45, 7) is 2.03. The van der Waals surface area contributed by atoms with Gasteiger partial charge in [-0.25, -0.2) is 0 Å². The van der Waals surface area contributed by atoms with E-state index in [1.165, 1.54) is 7.11 Å². The number of ketones is 1. The molecule has 3 aliphatic carbocycles. The number of aryl methyl sites for hydroxylation is 1. The summed E-state index contributed by atoms with van der Waals surface area (Å²) in [7, 11) is -2.68. The number of nitrogens with zero attached hydrogens (tertiary/aromatic N) is 1. The molecular formula is C20H24N2O5S. The molecule has 1 aromatic rings. The van der Waals surface area contributed by atoms with Crippen molar-refractivity contribution < 1.29 is 22.1 Å². The van der Waals surface area contributed by atoms with Gasteiger partial charge in [0.15, 0.2) is 17.3 Å². The van der Waals surface area contributed by atoms with E-state index in [0.29, 0.717) is 18.1 Å². The van der Waals surface area contributed by atoms with E-state index in [4.69, 9.17) is 14.1 Å². The maximum Gasteiger partial charge on any atom is 0.380 e. The molecule has 2 N–H and O–H groups in total. The number of benzene rings is 1. The standard InChI is InChI=1S/C20H24N2O5S/c1-20-6-5-13-14(16(20)7-12(10-21)19(20)23)4-3-11-8-18(27-28(22,24)25)17(26-2)9-15(11)13/h8-9,12-14,16H,3-7H2,1-2H3,(H2,22,24,25)/t12?,13?,14?,16?,20-/m0/s1. The molecule has 5 atom stereocenters. The maximum absolute atomic E-state index is 12.8. The highest BCUT2D eigenvalue weighted by Crippen LogP contribution is 2.61.